The molecule has 0 unspecified atom stereocenters. The van der Waals surface area contributed by atoms with Gasteiger partial charge in [0.05, 0.1) is 27.2 Å². The van der Waals surface area contributed by atoms with Gasteiger partial charge in [-0.05, 0) is 55.8 Å². The molecule has 0 aliphatic rings. The molecule has 0 heterocycles. The van der Waals surface area contributed by atoms with Gasteiger partial charge in [0.25, 0.3) is 10.0 Å². The zero-order chi connectivity index (χ0) is 20.0. The number of aliphatic carboxylic acids is 1. The average Bonchev–Trinajstić information content (AvgIpc) is 2.62. The fourth-order valence-corrected chi connectivity index (χ4v) is 4.29. The van der Waals surface area contributed by atoms with E-state index in [4.69, 9.17) is 33.0 Å². The van der Waals surface area contributed by atoms with Crippen LogP contribution in [-0.4, -0.2) is 32.6 Å². The van der Waals surface area contributed by atoms with E-state index in [1.165, 1.54) is 18.2 Å². The highest BCUT2D eigenvalue weighted by Gasteiger charge is 2.25. The van der Waals surface area contributed by atoms with Crippen LogP contribution in [0.15, 0.2) is 47.4 Å². The number of halogens is 2. The number of anilines is 1. The van der Waals surface area contributed by atoms with Gasteiger partial charge < -0.3 is 9.84 Å². The van der Waals surface area contributed by atoms with E-state index in [9.17, 15) is 13.2 Å². The molecule has 0 aliphatic heterocycles. The van der Waals surface area contributed by atoms with Crippen LogP contribution < -0.4 is 9.04 Å². The molecule has 0 atom stereocenters. The Morgan fingerprint density at radius 1 is 1.11 bits per heavy atom. The van der Waals surface area contributed by atoms with Crippen molar-refractivity contribution in [3.8, 4) is 5.75 Å². The van der Waals surface area contributed by atoms with Crippen LogP contribution in [0.4, 0.5) is 5.69 Å². The van der Waals surface area contributed by atoms with E-state index in [0.717, 1.165) is 4.31 Å². The summed E-state index contributed by atoms with van der Waals surface area (Å²) in [5.74, 6) is -0.382. The maximum absolute atomic E-state index is 13.1. The first-order valence-electron chi connectivity index (χ1n) is 8.18. The molecule has 6 nitrogen and oxygen atoms in total. The molecule has 146 valence electrons. The second kappa shape index (κ2) is 9.30. The molecule has 0 saturated heterocycles. The maximum atomic E-state index is 13.1. The summed E-state index contributed by atoms with van der Waals surface area (Å²) in [6, 6.07) is 10.6. The molecule has 0 amide bonds. The van der Waals surface area contributed by atoms with Crippen molar-refractivity contribution >= 4 is 44.9 Å². The van der Waals surface area contributed by atoms with E-state index >= 15 is 0 Å². The molecular formula is C18H19Cl2NO5S. The zero-order valence-electron chi connectivity index (χ0n) is 14.6. The second-order valence-corrected chi connectivity index (χ2v) is 8.25. The Bertz CT molecular complexity index is 900. The van der Waals surface area contributed by atoms with Crippen molar-refractivity contribution in [3.63, 3.8) is 0 Å². The predicted octanol–water partition coefficient (Wildman–Crippen LogP) is 4.45. The van der Waals surface area contributed by atoms with E-state index in [0.29, 0.717) is 18.0 Å². The Morgan fingerprint density at radius 3 is 2.33 bits per heavy atom. The van der Waals surface area contributed by atoms with Crippen LogP contribution in [0.2, 0.25) is 10.0 Å². The summed E-state index contributed by atoms with van der Waals surface area (Å²) in [5, 5.41) is 9.23. The first-order valence-corrected chi connectivity index (χ1v) is 10.4. The van der Waals surface area contributed by atoms with Gasteiger partial charge in [0.2, 0.25) is 0 Å². The molecular weight excluding hydrogens is 413 g/mol. The van der Waals surface area contributed by atoms with Gasteiger partial charge in [-0.1, -0.05) is 23.2 Å². The minimum Gasteiger partial charge on any atom is -0.494 e. The summed E-state index contributed by atoms with van der Waals surface area (Å²) >= 11 is 11.8. The average molecular weight is 432 g/mol. The minimum absolute atomic E-state index is 0.00284. The molecule has 0 radical (unpaired) electrons. The van der Waals surface area contributed by atoms with Crippen LogP contribution in [0.3, 0.4) is 0 Å². The number of carbonyl (C=O) groups is 1. The molecule has 0 spiro atoms. The molecule has 0 fully saturated rings. The number of hydrogen-bond donors (Lipinski definition) is 1. The van der Waals surface area contributed by atoms with E-state index in [-0.39, 0.29) is 34.3 Å². The van der Waals surface area contributed by atoms with Crippen molar-refractivity contribution in [2.75, 3.05) is 17.5 Å². The molecule has 27 heavy (non-hydrogen) atoms. The van der Waals surface area contributed by atoms with E-state index in [1.54, 1.807) is 24.3 Å². The second-order valence-electron chi connectivity index (χ2n) is 5.58. The van der Waals surface area contributed by atoms with Crippen LogP contribution in [0, 0.1) is 0 Å². The monoisotopic (exact) mass is 431 g/mol. The van der Waals surface area contributed by atoms with Gasteiger partial charge in [-0.15, -0.1) is 0 Å². The van der Waals surface area contributed by atoms with E-state index in [1.807, 2.05) is 6.92 Å². The highest BCUT2D eigenvalue weighted by Crippen LogP contribution is 2.30. The quantitative estimate of drug-likeness (QED) is 0.633. The molecule has 0 saturated carbocycles. The molecule has 0 bridgehead atoms. The van der Waals surface area contributed by atoms with Crippen LogP contribution in [0.5, 0.6) is 5.75 Å². The standard InChI is InChI=1S/C18H19Cl2NO5S/c1-2-26-14-7-5-13(6-8-14)21(11-3-4-18(22)23)27(24,25)15-9-10-16(19)17(20)12-15/h5-10,12H,2-4,11H2,1H3,(H,22,23). The van der Waals surface area contributed by atoms with Gasteiger partial charge in [-0.25, -0.2) is 8.42 Å². The molecule has 0 aromatic heterocycles. The smallest absolute Gasteiger partial charge is 0.303 e. The number of nitrogens with zero attached hydrogens (tertiary/aromatic N) is 1. The summed E-state index contributed by atoms with van der Waals surface area (Å²) in [4.78, 5) is 10.8. The SMILES string of the molecule is CCOc1ccc(N(CCCC(=O)O)S(=O)(=O)c2ccc(Cl)c(Cl)c2)cc1. The molecule has 2 aromatic carbocycles. The van der Waals surface area contributed by atoms with Crippen LogP contribution in [0.1, 0.15) is 19.8 Å². The van der Waals surface area contributed by atoms with Gasteiger partial charge in [0, 0.05) is 13.0 Å². The highest BCUT2D eigenvalue weighted by atomic mass is 35.5. The third kappa shape index (κ3) is 5.51. The maximum Gasteiger partial charge on any atom is 0.303 e. The van der Waals surface area contributed by atoms with Gasteiger partial charge in [0.1, 0.15) is 5.75 Å². The van der Waals surface area contributed by atoms with Gasteiger partial charge >= 0.3 is 5.97 Å². The molecule has 1 N–H and O–H groups in total. The Kier molecular flexibility index (Phi) is 7.35. The fourth-order valence-electron chi connectivity index (χ4n) is 2.40. The molecule has 2 aromatic rings. The van der Waals surface area contributed by atoms with Crippen LogP contribution >= 0.6 is 23.2 Å². The van der Waals surface area contributed by atoms with Gasteiger partial charge in [-0.3, -0.25) is 9.10 Å². The lowest BCUT2D eigenvalue weighted by atomic mass is 10.2. The highest BCUT2D eigenvalue weighted by molar-refractivity contribution is 7.92. The van der Waals surface area contributed by atoms with Crippen LogP contribution in [-0.2, 0) is 14.8 Å². The summed E-state index contributed by atoms with van der Waals surface area (Å²) < 4.78 is 32.8. The first-order chi connectivity index (χ1) is 12.8. The number of carboxylic acid groups (broad SMARTS) is 1. The fraction of sp³-hybridized carbons (Fsp3) is 0.278. The van der Waals surface area contributed by atoms with Crippen molar-refractivity contribution in [3.05, 3.63) is 52.5 Å². The van der Waals surface area contributed by atoms with Crippen molar-refractivity contribution < 1.29 is 23.1 Å². The van der Waals surface area contributed by atoms with Crippen LogP contribution in [0.25, 0.3) is 0 Å². The Balaban J connectivity index is 2.40. The molecule has 2 rings (SSSR count). The van der Waals surface area contributed by atoms with Crippen molar-refractivity contribution in [2.24, 2.45) is 0 Å². The Morgan fingerprint density at radius 2 is 1.78 bits per heavy atom. The van der Waals surface area contributed by atoms with Gasteiger partial charge in [0.15, 0.2) is 0 Å². The predicted molar refractivity (Wildman–Crippen MR) is 105 cm³/mol. The number of hydrogen-bond acceptors (Lipinski definition) is 4. The van der Waals surface area contributed by atoms with Crippen molar-refractivity contribution in [2.45, 2.75) is 24.7 Å². The summed E-state index contributed by atoms with van der Waals surface area (Å²) in [5.41, 5.74) is 0.398. The number of ether oxygens (including phenoxy) is 1. The lowest BCUT2D eigenvalue weighted by Crippen LogP contribution is -2.32. The molecule has 9 heteroatoms. The van der Waals surface area contributed by atoms with Crippen molar-refractivity contribution in [1.82, 2.24) is 0 Å². The van der Waals surface area contributed by atoms with E-state index in [2.05, 4.69) is 0 Å². The number of sulfonamides is 1. The first kappa shape index (κ1) is 21.3. The van der Waals surface area contributed by atoms with Crippen molar-refractivity contribution in [1.29, 1.82) is 0 Å². The summed E-state index contributed by atoms with van der Waals surface area (Å²) in [7, 11) is -3.96. The number of benzene rings is 2. The van der Waals surface area contributed by atoms with Gasteiger partial charge in [-0.2, -0.15) is 0 Å². The number of carboxylic acids is 1. The largest absolute Gasteiger partial charge is 0.494 e. The summed E-state index contributed by atoms with van der Waals surface area (Å²) in [6.45, 7) is 2.34. The normalized spacial score (nSPS) is 11.2. The van der Waals surface area contributed by atoms with E-state index < -0.39 is 16.0 Å². The summed E-state index contributed by atoms with van der Waals surface area (Å²) in [6.07, 6.45) is 0.00746. The minimum atomic E-state index is -3.96. The Labute approximate surface area is 168 Å². The topological polar surface area (TPSA) is 83.9 Å². The lowest BCUT2D eigenvalue weighted by molar-refractivity contribution is -0.137. The third-order valence-electron chi connectivity index (χ3n) is 3.67. The molecule has 0 aliphatic carbocycles. The lowest BCUT2D eigenvalue weighted by Gasteiger charge is -2.25. The number of rotatable bonds is 9. The Hall–Kier alpha value is -1.96. The third-order valence-corrected chi connectivity index (χ3v) is 6.23. The zero-order valence-corrected chi connectivity index (χ0v) is 16.9.